The second-order valence-corrected chi connectivity index (χ2v) is 3.53. The summed E-state index contributed by atoms with van der Waals surface area (Å²) in [4.78, 5) is 11.4. The van der Waals surface area contributed by atoms with E-state index in [9.17, 15) is 4.79 Å². The lowest BCUT2D eigenvalue weighted by Crippen LogP contribution is -2.30. The summed E-state index contributed by atoms with van der Waals surface area (Å²) in [6.45, 7) is 2.08. The Hall–Kier alpha value is -0.370. The summed E-state index contributed by atoms with van der Waals surface area (Å²) in [6.07, 6.45) is 5.21. The van der Waals surface area contributed by atoms with E-state index < -0.39 is 0 Å². The number of ether oxygens (including phenoxy) is 1. The van der Waals surface area contributed by atoms with E-state index in [1.165, 1.54) is 6.42 Å². The summed E-state index contributed by atoms with van der Waals surface area (Å²) in [5.41, 5.74) is -0.285. The van der Waals surface area contributed by atoms with Gasteiger partial charge in [-0.2, -0.15) is 0 Å². The van der Waals surface area contributed by atoms with Gasteiger partial charge in [-0.1, -0.05) is 6.92 Å². The molecule has 2 fully saturated rings. The highest BCUT2D eigenvalue weighted by molar-refractivity contribution is 5.91. The van der Waals surface area contributed by atoms with Crippen molar-refractivity contribution in [3.05, 3.63) is 0 Å². The Morgan fingerprint density at radius 1 is 1.64 bits per heavy atom. The van der Waals surface area contributed by atoms with Crippen molar-refractivity contribution in [2.45, 2.75) is 50.7 Å². The zero-order valence-corrected chi connectivity index (χ0v) is 6.93. The number of Topliss-reactive ketones (excluding diaryl/α,β-unsaturated/α-hetero) is 1. The first kappa shape index (κ1) is 7.29. The van der Waals surface area contributed by atoms with Gasteiger partial charge >= 0.3 is 0 Å². The van der Waals surface area contributed by atoms with Crippen molar-refractivity contribution < 1.29 is 9.53 Å². The Morgan fingerprint density at radius 3 is 3.00 bits per heavy atom. The fraction of sp³-hybridized carbons (Fsp3) is 0.889. The molecule has 1 saturated heterocycles. The Kier molecular flexibility index (Phi) is 1.53. The molecule has 0 aromatic carbocycles. The monoisotopic (exact) mass is 154 g/mol. The Morgan fingerprint density at radius 2 is 2.45 bits per heavy atom. The van der Waals surface area contributed by atoms with E-state index >= 15 is 0 Å². The van der Waals surface area contributed by atoms with Crippen LogP contribution in [0.1, 0.15) is 39.0 Å². The van der Waals surface area contributed by atoms with E-state index in [4.69, 9.17) is 4.74 Å². The molecule has 2 nitrogen and oxygen atoms in total. The lowest BCUT2D eigenvalue weighted by Gasteiger charge is -2.16. The average molecular weight is 154 g/mol. The van der Waals surface area contributed by atoms with E-state index in [1.807, 2.05) is 0 Å². The maximum Gasteiger partial charge on any atom is 0.167 e. The summed E-state index contributed by atoms with van der Waals surface area (Å²) in [6, 6.07) is 0. The molecule has 1 saturated carbocycles. The van der Waals surface area contributed by atoms with Gasteiger partial charge in [-0.15, -0.1) is 0 Å². The van der Waals surface area contributed by atoms with Crippen LogP contribution < -0.4 is 0 Å². The Labute approximate surface area is 66.9 Å². The molecule has 11 heavy (non-hydrogen) atoms. The molecule has 2 rings (SSSR count). The number of hydrogen-bond donors (Lipinski definition) is 0. The first-order valence-corrected chi connectivity index (χ1v) is 4.51. The van der Waals surface area contributed by atoms with E-state index in [0.29, 0.717) is 5.78 Å². The van der Waals surface area contributed by atoms with Crippen LogP contribution in [0, 0.1) is 0 Å². The molecule has 1 aliphatic heterocycles. The van der Waals surface area contributed by atoms with Crippen LogP contribution in [0.3, 0.4) is 0 Å². The summed E-state index contributed by atoms with van der Waals surface area (Å²) in [5.74, 6) is 0.357. The zero-order chi connectivity index (χ0) is 7.90. The van der Waals surface area contributed by atoms with Crippen molar-refractivity contribution in [1.82, 2.24) is 0 Å². The fourth-order valence-electron chi connectivity index (χ4n) is 2.12. The third kappa shape index (κ3) is 0.924. The van der Waals surface area contributed by atoms with Crippen molar-refractivity contribution in [2.75, 3.05) is 0 Å². The van der Waals surface area contributed by atoms with Crippen LogP contribution in [0.15, 0.2) is 0 Å². The first-order chi connectivity index (χ1) is 5.29. The molecule has 62 valence electrons. The van der Waals surface area contributed by atoms with Crippen LogP contribution >= 0.6 is 0 Å². The van der Waals surface area contributed by atoms with E-state index in [0.717, 1.165) is 25.7 Å². The number of ketones is 1. The first-order valence-electron chi connectivity index (χ1n) is 4.51. The maximum atomic E-state index is 11.4. The highest BCUT2D eigenvalue weighted by Crippen LogP contribution is 2.47. The van der Waals surface area contributed by atoms with Crippen LogP contribution in [0.4, 0.5) is 0 Å². The molecule has 0 amide bonds. The molecule has 2 heteroatoms. The van der Waals surface area contributed by atoms with Gasteiger partial charge in [0.15, 0.2) is 11.4 Å². The van der Waals surface area contributed by atoms with Gasteiger partial charge in [-0.05, 0) is 25.7 Å². The van der Waals surface area contributed by atoms with Crippen molar-refractivity contribution >= 4 is 5.78 Å². The third-order valence-electron chi connectivity index (χ3n) is 2.86. The van der Waals surface area contributed by atoms with Gasteiger partial charge < -0.3 is 4.74 Å². The van der Waals surface area contributed by atoms with E-state index in [-0.39, 0.29) is 11.7 Å². The Bertz CT molecular complexity index is 188. The predicted octanol–water partition coefficient (Wildman–Crippen LogP) is 1.68. The van der Waals surface area contributed by atoms with Crippen molar-refractivity contribution in [3.63, 3.8) is 0 Å². The summed E-state index contributed by atoms with van der Waals surface area (Å²) in [7, 11) is 0. The molecular formula is C9H14O2. The standard InChI is InChI=1S/C9H14O2/c1-2-8-9(11-8)6-4-3-5-7(9)10/h8H,2-6H2,1H3. The van der Waals surface area contributed by atoms with E-state index in [1.54, 1.807) is 0 Å². The highest BCUT2D eigenvalue weighted by atomic mass is 16.6. The van der Waals surface area contributed by atoms with Gasteiger partial charge in [0.2, 0.25) is 0 Å². The lowest BCUT2D eigenvalue weighted by atomic mass is 9.84. The summed E-state index contributed by atoms with van der Waals surface area (Å²) < 4.78 is 5.46. The van der Waals surface area contributed by atoms with Gasteiger partial charge in [-0.25, -0.2) is 0 Å². The summed E-state index contributed by atoms with van der Waals surface area (Å²) >= 11 is 0. The molecule has 1 spiro atoms. The number of carbonyl (C=O) groups excluding carboxylic acids is 1. The second-order valence-electron chi connectivity index (χ2n) is 3.53. The minimum atomic E-state index is -0.285. The molecule has 2 aliphatic rings. The van der Waals surface area contributed by atoms with Crippen LogP contribution in [0.2, 0.25) is 0 Å². The van der Waals surface area contributed by atoms with Crippen LogP contribution in [0.25, 0.3) is 0 Å². The van der Waals surface area contributed by atoms with Crippen LogP contribution in [0.5, 0.6) is 0 Å². The molecule has 0 radical (unpaired) electrons. The number of epoxide rings is 1. The number of rotatable bonds is 1. The smallest absolute Gasteiger partial charge is 0.167 e. The molecule has 1 aliphatic carbocycles. The normalized spacial score (nSPS) is 43.0. The third-order valence-corrected chi connectivity index (χ3v) is 2.86. The molecule has 2 atom stereocenters. The quantitative estimate of drug-likeness (QED) is 0.538. The molecule has 0 aromatic rings. The highest BCUT2D eigenvalue weighted by Gasteiger charge is 2.60. The van der Waals surface area contributed by atoms with Crippen molar-refractivity contribution in [2.24, 2.45) is 0 Å². The van der Waals surface area contributed by atoms with Gasteiger partial charge in [-0.3, -0.25) is 4.79 Å². The predicted molar refractivity (Wildman–Crippen MR) is 41.4 cm³/mol. The largest absolute Gasteiger partial charge is 0.358 e. The maximum absolute atomic E-state index is 11.4. The SMILES string of the molecule is CCC1OC12CCCCC2=O. The molecule has 1 heterocycles. The molecule has 0 N–H and O–H groups in total. The zero-order valence-electron chi connectivity index (χ0n) is 6.93. The molecule has 0 aromatic heterocycles. The number of hydrogen-bond acceptors (Lipinski definition) is 2. The fourth-order valence-corrected chi connectivity index (χ4v) is 2.12. The molecule has 0 bridgehead atoms. The van der Waals surface area contributed by atoms with Gasteiger partial charge in [0.05, 0.1) is 6.10 Å². The van der Waals surface area contributed by atoms with Gasteiger partial charge in [0.25, 0.3) is 0 Å². The molecular weight excluding hydrogens is 140 g/mol. The minimum Gasteiger partial charge on any atom is -0.358 e. The second kappa shape index (κ2) is 2.31. The van der Waals surface area contributed by atoms with Crippen LogP contribution in [-0.4, -0.2) is 17.5 Å². The Balaban J connectivity index is 2.07. The van der Waals surface area contributed by atoms with Crippen molar-refractivity contribution in [1.29, 1.82) is 0 Å². The lowest BCUT2D eigenvalue weighted by molar-refractivity contribution is -0.125. The minimum absolute atomic E-state index is 0.260. The van der Waals surface area contributed by atoms with Crippen LogP contribution in [-0.2, 0) is 9.53 Å². The topological polar surface area (TPSA) is 29.6 Å². The van der Waals surface area contributed by atoms with Gasteiger partial charge in [0, 0.05) is 6.42 Å². The van der Waals surface area contributed by atoms with Gasteiger partial charge in [0.1, 0.15) is 0 Å². The summed E-state index contributed by atoms with van der Waals surface area (Å²) in [5, 5.41) is 0. The molecule has 2 unspecified atom stereocenters. The van der Waals surface area contributed by atoms with E-state index in [2.05, 4.69) is 6.92 Å². The number of carbonyl (C=O) groups is 1. The van der Waals surface area contributed by atoms with Crippen molar-refractivity contribution in [3.8, 4) is 0 Å². The average Bonchev–Trinajstić information content (AvgIpc) is 2.72.